The average Bonchev–Trinajstić information content (AvgIpc) is 2.39. The van der Waals surface area contributed by atoms with Gasteiger partial charge in [0.1, 0.15) is 0 Å². The summed E-state index contributed by atoms with van der Waals surface area (Å²) in [6.45, 7) is 2.60. The molecule has 1 fully saturated rings. The molecule has 1 aromatic rings. The van der Waals surface area contributed by atoms with Crippen molar-refractivity contribution in [3.63, 3.8) is 0 Å². The molecule has 110 valence electrons. The van der Waals surface area contributed by atoms with Gasteiger partial charge in [0.15, 0.2) is 0 Å². The molecular formula is C14H20FN3O2. The highest BCUT2D eigenvalue weighted by molar-refractivity contribution is 5.34. The van der Waals surface area contributed by atoms with Crippen LogP contribution in [0.3, 0.4) is 0 Å². The zero-order valence-electron chi connectivity index (χ0n) is 11.9. The number of nitro groups is 1. The number of likely N-dealkylation sites (tertiary alicyclic amines) is 1. The minimum Gasteiger partial charge on any atom is -0.306 e. The van der Waals surface area contributed by atoms with E-state index in [9.17, 15) is 14.5 Å². The molecule has 2 rings (SSSR count). The van der Waals surface area contributed by atoms with Gasteiger partial charge in [-0.15, -0.1) is 0 Å². The van der Waals surface area contributed by atoms with E-state index in [-0.39, 0.29) is 0 Å². The van der Waals surface area contributed by atoms with Crippen LogP contribution in [0.2, 0.25) is 0 Å². The molecule has 1 aliphatic heterocycles. The van der Waals surface area contributed by atoms with Gasteiger partial charge < -0.3 is 4.90 Å². The van der Waals surface area contributed by atoms with Crippen molar-refractivity contribution in [1.29, 1.82) is 0 Å². The third-order valence-corrected chi connectivity index (χ3v) is 3.90. The van der Waals surface area contributed by atoms with E-state index in [1.54, 1.807) is 6.07 Å². The third-order valence-electron chi connectivity index (χ3n) is 3.90. The van der Waals surface area contributed by atoms with Crippen LogP contribution in [-0.4, -0.2) is 47.9 Å². The van der Waals surface area contributed by atoms with E-state index in [2.05, 4.69) is 23.9 Å². The summed E-state index contributed by atoms with van der Waals surface area (Å²) in [6.07, 6.45) is 2.20. The van der Waals surface area contributed by atoms with Gasteiger partial charge in [0, 0.05) is 18.7 Å². The molecule has 0 spiro atoms. The Bertz CT molecular complexity index is 485. The molecule has 0 aliphatic carbocycles. The molecule has 1 aliphatic rings. The lowest BCUT2D eigenvalue weighted by Gasteiger charge is -2.35. The van der Waals surface area contributed by atoms with Gasteiger partial charge in [-0.05, 0) is 51.7 Å². The standard InChI is InChI=1S/C14H20FN3O2/c1-16(2)12-5-7-17(8-6-12)10-11-3-4-14(18(19)20)13(15)9-11/h3-4,9,12H,5-8,10H2,1-2H3. The minimum absolute atomic E-state index is 0.458. The summed E-state index contributed by atoms with van der Waals surface area (Å²) >= 11 is 0. The molecular weight excluding hydrogens is 261 g/mol. The van der Waals surface area contributed by atoms with Crippen molar-refractivity contribution in [3.8, 4) is 0 Å². The van der Waals surface area contributed by atoms with Crippen LogP contribution in [0, 0.1) is 15.9 Å². The first kappa shape index (κ1) is 14.9. The van der Waals surface area contributed by atoms with Gasteiger partial charge >= 0.3 is 5.69 Å². The Labute approximate surface area is 118 Å². The van der Waals surface area contributed by atoms with Crippen LogP contribution in [0.4, 0.5) is 10.1 Å². The zero-order chi connectivity index (χ0) is 14.7. The Kier molecular flexibility index (Phi) is 4.67. The number of nitrogens with zero attached hydrogens (tertiary/aromatic N) is 3. The minimum atomic E-state index is -0.754. The van der Waals surface area contributed by atoms with Crippen LogP contribution in [0.25, 0.3) is 0 Å². The summed E-state index contributed by atoms with van der Waals surface area (Å²) in [4.78, 5) is 14.4. The molecule has 6 heteroatoms. The first-order valence-electron chi connectivity index (χ1n) is 6.79. The number of hydrogen-bond donors (Lipinski definition) is 0. The first-order chi connectivity index (χ1) is 9.47. The van der Waals surface area contributed by atoms with Crippen molar-refractivity contribution in [1.82, 2.24) is 9.80 Å². The van der Waals surface area contributed by atoms with Crippen molar-refractivity contribution in [3.05, 3.63) is 39.7 Å². The smallest absolute Gasteiger partial charge is 0.304 e. The Morgan fingerprint density at radius 3 is 2.55 bits per heavy atom. The molecule has 0 saturated carbocycles. The predicted octanol–water partition coefficient (Wildman–Crippen LogP) is 2.26. The molecule has 1 heterocycles. The second-order valence-electron chi connectivity index (χ2n) is 5.51. The summed E-state index contributed by atoms with van der Waals surface area (Å²) in [6, 6.07) is 4.77. The Balaban J connectivity index is 1.95. The van der Waals surface area contributed by atoms with Crippen molar-refractivity contribution in [2.75, 3.05) is 27.2 Å². The van der Waals surface area contributed by atoms with Gasteiger partial charge in [-0.25, -0.2) is 0 Å². The fraction of sp³-hybridized carbons (Fsp3) is 0.571. The largest absolute Gasteiger partial charge is 0.306 e. The van der Waals surface area contributed by atoms with Crippen molar-refractivity contribution in [2.45, 2.75) is 25.4 Å². The molecule has 20 heavy (non-hydrogen) atoms. The van der Waals surface area contributed by atoms with Crippen LogP contribution < -0.4 is 0 Å². The fourth-order valence-corrected chi connectivity index (χ4v) is 2.65. The summed E-state index contributed by atoms with van der Waals surface area (Å²) in [7, 11) is 4.18. The maximum atomic E-state index is 13.6. The topological polar surface area (TPSA) is 49.6 Å². The number of benzene rings is 1. The van der Waals surface area contributed by atoms with Gasteiger partial charge in [-0.3, -0.25) is 15.0 Å². The number of rotatable bonds is 4. The first-order valence-corrected chi connectivity index (χ1v) is 6.79. The summed E-state index contributed by atoms with van der Waals surface area (Å²) < 4.78 is 13.6. The number of nitro benzene ring substituents is 1. The Morgan fingerprint density at radius 2 is 2.05 bits per heavy atom. The summed E-state index contributed by atoms with van der Waals surface area (Å²) in [5, 5.41) is 10.6. The molecule has 0 aromatic heterocycles. The number of hydrogen-bond acceptors (Lipinski definition) is 4. The second-order valence-corrected chi connectivity index (χ2v) is 5.51. The monoisotopic (exact) mass is 281 g/mol. The summed E-state index contributed by atoms with van der Waals surface area (Å²) in [5.74, 6) is -0.754. The number of piperidine rings is 1. The lowest BCUT2D eigenvalue weighted by molar-refractivity contribution is -0.387. The van der Waals surface area contributed by atoms with Crippen molar-refractivity contribution in [2.24, 2.45) is 0 Å². The van der Waals surface area contributed by atoms with Crippen LogP contribution >= 0.6 is 0 Å². The van der Waals surface area contributed by atoms with E-state index in [0.717, 1.165) is 31.5 Å². The lowest BCUT2D eigenvalue weighted by Crippen LogP contribution is -2.41. The fourth-order valence-electron chi connectivity index (χ4n) is 2.65. The van der Waals surface area contributed by atoms with Crippen molar-refractivity contribution >= 4 is 5.69 Å². The molecule has 0 amide bonds. The van der Waals surface area contributed by atoms with Crippen LogP contribution in [0.5, 0.6) is 0 Å². The molecule has 0 radical (unpaired) electrons. The van der Waals surface area contributed by atoms with Gasteiger partial charge in [0.05, 0.1) is 4.92 Å². The molecule has 5 nitrogen and oxygen atoms in total. The molecule has 0 N–H and O–H groups in total. The molecule has 1 saturated heterocycles. The van der Waals surface area contributed by atoms with E-state index < -0.39 is 16.4 Å². The van der Waals surface area contributed by atoms with Crippen LogP contribution in [0.1, 0.15) is 18.4 Å². The van der Waals surface area contributed by atoms with Gasteiger partial charge in [-0.2, -0.15) is 4.39 Å². The lowest BCUT2D eigenvalue weighted by atomic mass is 10.0. The van der Waals surface area contributed by atoms with E-state index >= 15 is 0 Å². The number of halogens is 1. The average molecular weight is 281 g/mol. The predicted molar refractivity (Wildman–Crippen MR) is 75.0 cm³/mol. The molecule has 0 unspecified atom stereocenters. The third kappa shape index (κ3) is 3.52. The highest BCUT2D eigenvalue weighted by Gasteiger charge is 2.21. The Hall–Kier alpha value is -1.53. The van der Waals surface area contributed by atoms with Crippen LogP contribution in [0.15, 0.2) is 18.2 Å². The zero-order valence-corrected chi connectivity index (χ0v) is 11.9. The van der Waals surface area contributed by atoms with Gasteiger partial charge in [0.2, 0.25) is 5.82 Å². The molecule has 1 aromatic carbocycles. The van der Waals surface area contributed by atoms with Crippen LogP contribution in [-0.2, 0) is 6.54 Å². The highest BCUT2D eigenvalue weighted by atomic mass is 19.1. The van der Waals surface area contributed by atoms with E-state index in [0.29, 0.717) is 12.6 Å². The maximum Gasteiger partial charge on any atom is 0.304 e. The molecule has 0 bridgehead atoms. The SMILES string of the molecule is CN(C)C1CCN(Cc2ccc([N+](=O)[O-])c(F)c2)CC1. The van der Waals surface area contributed by atoms with E-state index in [1.807, 2.05) is 0 Å². The van der Waals surface area contributed by atoms with Gasteiger partial charge in [0.25, 0.3) is 0 Å². The Morgan fingerprint density at radius 1 is 1.40 bits per heavy atom. The second kappa shape index (κ2) is 6.28. The normalized spacial score (nSPS) is 17.6. The summed E-state index contributed by atoms with van der Waals surface area (Å²) in [5.41, 5.74) is 0.330. The van der Waals surface area contributed by atoms with Crippen molar-refractivity contribution < 1.29 is 9.31 Å². The molecule has 0 atom stereocenters. The maximum absolute atomic E-state index is 13.6. The van der Waals surface area contributed by atoms with Gasteiger partial charge in [-0.1, -0.05) is 6.07 Å². The quantitative estimate of drug-likeness (QED) is 0.627. The van der Waals surface area contributed by atoms with E-state index in [4.69, 9.17) is 0 Å². The van der Waals surface area contributed by atoms with E-state index in [1.165, 1.54) is 12.1 Å². The highest BCUT2D eigenvalue weighted by Crippen LogP contribution is 2.21.